The van der Waals surface area contributed by atoms with E-state index in [4.69, 9.17) is 9.47 Å². The van der Waals surface area contributed by atoms with Crippen molar-refractivity contribution < 1.29 is 32.2 Å². The number of carbonyl (C=O) groups excluding carboxylic acids is 2. The maximum atomic E-state index is 12.9. The number of carbonyl (C=O) groups is 2. The van der Waals surface area contributed by atoms with E-state index in [1.165, 1.54) is 0 Å². The molecule has 4 bridgehead atoms. The molecule has 0 amide bonds. The van der Waals surface area contributed by atoms with Crippen LogP contribution in [-0.2, 0) is 19.1 Å². The van der Waals surface area contributed by atoms with Gasteiger partial charge in [0.1, 0.15) is 5.60 Å². The Morgan fingerprint density at radius 3 is 2.29 bits per heavy atom. The largest absolute Gasteiger partial charge is 0.465 e. The van der Waals surface area contributed by atoms with Crippen LogP contribution in [0.5, 0.6) is 0 Å². The van der Waals surface area contributed by atoms with Gasteiger partial charge in [-0.1, -0.05) is 6.58 Å². The number of hydrogen-bond donors (Lipinski definition) is 0. The van der Waals surface area contributed by atoms with E-state index in [-0.39, 0.29) is 19.0 Å². The van der Waals surface area contributed by atoms with Crippen molar-refractivity contribution in [3.63, 3.8) is 0 Å². The smallest absolute Gasteiger partial charge is 0.389 e. The van der Waals surface area contributed by atoms with Gasteiger partial charge in [-0.15, -0.1) is 0 Å². The fourth-order valence-electron chi connectivity index (χ4n) is 5.74. The maximum Gasteiger partial charge on any atom is 0.389 e. The Bertz CT molecular complexity index is 626. The van der Waals surface area contributed by atoms with Gasteiger partial charge in [0.2, 0.25) is 0 Å². The summed E-state index contributed by atoms with van der Waals surface area (Å²) in [5.41, 5.74) is -0.872. The first-order valence-electron chi connectivity index (χ1n) is 10.2. The summed E-state index contributed by atoms with van der Waals surface area (Å²) in [4.78, 5) is 25.0. The second-order valence-electron chi connectivity index (χ2n) is 9.16. The van der Waals surface area contributed by atoms with Crippen molar-refractivity contribution in [2.45, 2.75) is 82.9 Å². The number of rotatable bonds is 8. The fraction of sp³-hybridized carbons (Fsp3) is 0.810. The summed E-state index contributed by atoms with van der Waals surface area (Å²) < 4.78 is 47.8. The van der Waals surface area contributed by atoms with Crippen LogP contribution < -0.4 is 0 Å². The van der Waals surface area contributed by atoms with Gasteiger partial charge in [0.05, 0.1) is 12.0 Å². The summed E-state index contributed by atoms with van der Waals surface area (Å²) in [5.74, 6) is 0.0142. The maximum absolute atomic E-state index is 12.9. The molecule has 2 unspecified atom stereocenters. The molecule has 0 aromatic rings. The number of esters is 2. The molecule has 4 rings (SSSR count). The average molecular weight is 402 g/mol. The molecule has 0 heterocycles. The summed E-state index contributed by atoms with van der Waals surface area (Å²) >= 11 is 0. The number of alkyl halides is 3. The Morgan fingerprint density at radius 2 is 1.71 bits per heavy atom. The van der Waals surface area contributed by atoms with Crippen molar-refractivity contribution in [1.82, 2.24) is 0 Å². The van der Waals surface area contributed by atoms with E-state index in [0.717, 1.165) is 32.1 Å². The monoisotopic (exact) mass is 402 g/mol. The van der Waals surface area contributed by atoms with Crippen molar-refractivity contribution in [1.29, 1.82) is 0 Å². The number of hydrogen-bond acceptors (Lipinski definition) is 4. The van der Waals surface area contributed by atoms with E-state index in [1.807, 2.05) is 0 Å². The van der Waals surface area contributed by atoms with Crippen LogP contribution in [-0.4, -0.2) is 30.3 Å². The van der Waals surface area contributed by atoms with Crippen molar-refractivity contribution >= 4 is 11.9 Å². The van der Waals surface area contributed by atoms with E-state index < -0.39 is 29.6 Å². The lowest BCUT2D eigenvalue weighted by molar-refractivity contribution is -0.210. The predicted octanol–water partition coefficient (Wildman–Crippen LogP) is 5.11. The molecule has 0 spiro atoms. The standard InChI is InChI=1S/C21H29F3O4/c1-14(2)17(25)28-20-11-15-8-16(12-20)10-19(9-15,13-20)18(26)27-7-5-3-4-6-21(22,23)24/h15-16H,1,3-13H2,2H3. The van der Waals surface area contributed by atoms with Crippen molar-refractivity contribution in [2.75, 3.05) is 6.61 Å². The highest BCUT2D eigenvalue weighted by Gasteiger charge is 2.63. The third-order valence-corrected chi connectivity index (χ3v) is 6.44. The zero-order chi connectivity index (χ0) is 20.6. The molecule has 4 fully saturated rings. The predicted molar refractivity (Wildman–Crippen MR) is 96.2 cm³/mol. The van der Waals surface area contributed by atoms with Gasteiger partial charge in [-0.3, -0.25) is 4.79 Å². The van der Waals surface area contributed by atoms with Crippen LogP contribution >= 0.6 is 0 Å². The van der Waals surface area contributed by atoms with Crippen molar-refractivity contribution in [3.05, 3.63) is 12.2 Å². The van der Waals surface area contributed by atoms with Gasteiger partial charge in [-0.05, 0) is 70.1 Å². The van der Waals surface area contributed by atoms with Crippen LogP contribution in [0.2, 0.25) is 0 Å². The van der Waals surface area contributed by atoms with Crippen molar-refractivity contribution in [3.8, 4) is 0 Å². The normalized spacial score (nSPS) is 33.6. The molecule has 28 heavy (non-hydrogen) atoms. The first-order valence-corrected chi connectivity index (χ1v) is 10.2. The molecule has 0 aliphatic heterocycles. The van der Waals surface area contributed by atoms with Crippen LogP contribution in [0.25, 0.3) is 0 Å². The molecule has 4 saturated carbocycles. The zero-order valence-corrected chi connectivity index (χ0v) is 16.4. The molecule has 0 radical (unpaired) electrons. The quantitative estimate of drug-likeness (QED) is 0.322. The Balaban J connectivity index is 1.55. The Kier molecular flexibility index (Phi) is 5.84. The molecule has 7 heteroatoms. The lowest BCUT2D eigenvalue weighted by Crippen LogP contribution is -2.60. The average Bonchev–Trinajstić information content (AvgIpc) is 2.55. The van der Waals surface area contributed by atoms with Gasteiger partial charge in [0.15, 0.2) is 0 Å². The number of halogens is 3. The van der Waals surface area contributed by atoms with Crippen LogP contribution in [0.15, 0.2) is 12.2 Å². The molecule has 4 aliphatic rings. The molecule has 0 N–H and O–H groups in total. The molecular weight excluding hydrogens is 373 g/mol. The van der Waals surface area contributed by atoms with Gasteiger partial charge in [0, 0.05) is 18.4 Å². The first kappa shape index (κ1) is 21.2. The number of unbranched alkanes of at least 4 members (excludes halogenated alkanes) is 2. The SMILES string of the molecule is C=C(C)C(=O)OC12CC3CC(C1)CC(C(=O)OCCCCCC(F)(F)F)(C3)C2. The van der Waals surface area contributed by atoms with Crippen LogP contribution in [0.1, 0.15) is 71.1 Å². The van der Waals surface area contributed by atoms with Crippen LogP contribution in [0.4, 0.5) is 13.2 Å². The van der Waals surface area contributed by atoms with Gasteiger partial charge < -0.3 is 9.47 Å². The Labute approximate surface area is 163 Å². The zero-order valence-electron chi connectivity index (χ0n) is 16.4. The van der Waals surface area contributed by atoms with Gasteiger partial charge in [-0.25, -0.2) is 4.79 Å². The third-order valence-electron chi connectivity index (χ3n) is 6.44. The Morgan fingerprint density at radius 1 is 1.07 bits per heavy atom. The molecule has 4 nitrogen and oxygen atoms in total. The molecule has 0 aromatic carbocycles. The lowest BCUT2D eigenvalue weighted by atomic mass is 9.48. The van der Waals surface area contributed by atoms with E-state index in [0.29, 0.717) is 36.7 Å². The molecule has 4 aliphatic carbocycles. The topological polar surface area (TPSA) is 52.6 Å². The van der Waals surface area contributed by atoms with E-state index >= 15 is 0 Å². The van der Waals surface area contributed by atoms with E-state index in [9.17, 15) is 22.8 Å². The summed E-state index contributed by atoms with van der Waals surface area (Å²) in [6.45, 7) is 5.41. The second-order valence-corrected chi connectivity index (χ2v) is 9.16. The van der Waals surface area contributed by atoms with E-state index in [1.54, 1.807) is 6.92 Å². The highest BCUT2D eigenvalue weighted by Crippen LogP contribution is 2.63. The molecule has 0 aromatic heterocycles. The minimum atomic E-state index is -4.13. The fourth-order valence-corrected chi connectivity index (χ4v) is 5.74. The van der Waals surface area contributed by atoms with E-state index in [2.05, 4.69) is 6.58 Å². The summed E-state index contributed by atoms with van der Waals surface area (Å²) in [6, 6.07) is 0. The second kappa shape index (κ2) is 7.71. The summed E-state index contributed by atoms with van der Waals surface area (Å²) in [7, 11) is 0. The van der Waals surface area contributed by atoms with Gasteiger partial charge >= 0.3 is 18.1 Å². The Hall–Kier alpha value is -1.53. The van der Waals surface area contributed by atoms with Gasteiger partial charge in [-0.2, -0.15) is 13.2 Å². The highest BCUT2D eigenvalue weighted by molar-refractivity contribution is 5.87. The first-order chi connectivity index (χ1) is 13.0. The minimum absolute atomic E-state index is 0.0519. The lowest BCUT2D eigenvalue weighted by Gasteiger charge is -2.59. The minimum Gasteiger partial charge on any atom is -0.465 e. The molecule has 158 valence electrons. The van der Waals surface area contributed by atoms with Crippen LogP contribution in [0.3, 0.4) is 0 Å². The van der Waals surface area contributed by atoms with Crippen LogP contribution in [0, 0.1) is 17.3 Å². The van der Waals surface area contributed by atoms with Gasteiger partial charge in [0.25, 0.3) is 0 Å². The molecular formula is C21H29F3O4. The highest BCUT2D eigenvalue weighted by atomic mass is 19.4. The van der Waals surface area contributed by atoms with Crippen molar-refractivity contribution in [2.24, 2.45) is 17.3 Å². The molecule has 2 atom stereocenters. The number of ether oxygens (including phenoxy) is 2. The summed E-state index contributed by atoms with van der Waals surface area (Å²) in [6.07, 6.45) is 0.547. The summed E-state index contributed by atoms with van der Waals surface area (Å²) in [5, 5.41) is 0. The molecule has 0 saturated heterocycles. The third kappa shape index (κ3) is 4.71.